The summed E-state index contributed by atoms with van der Waals surface area (Å²) in [5.41, 5.74) is 0.933. The minimum absolute atomic E-state index is 0.366. The molecule has 0 N–H and O–H groups in total. The van der Waals surface area contributed by atoms with Crippen molar-refractivity contribution >= 4 is 45.7 Å². The lowest BCUT2D eigenvalue weighted by atomic mass is 10.1. The zero-order valence-corrected chi connectivity index (χ0v) is 9.59. The molecule has 0 aliphatic heterocycles. The molecule has 70 valence electrons. The largest absolute Gasteiger partial charge is 0.198 e. The normalized spacial score (nSPS) is 10.4. The van der Waals surface area contributed by atoms with Crippen LogP contribution in [0.3, 0.4) is 0 Å². The number of nitrogens with zero attached hydrogens (tertiary/aromatic N) is 1. The second-order valence-corrected chi connectivity index (χ2v) is 5.04. The van der Waals surface area contributed by atoms with Crippen LogP contribution in [0.1, 0.15) is 5.56 Å². The SMILES string of the molecule is N#CCc1c(Cl)sc2cc(S)ccc12. The fourth-order valence-corrected chi connectivity index (χ4v) is 3.05. The molecule has 1 aromatic carbocycles. The summed E-state index contributed by atoms with van der Waals surface area (Å²) >= 11 is 11.8. The predicted molar refractivity (Wildman–Crippen MR) is 63.4 cm³/mol. The molecule has 1 heterocycles. The molecule has 0 spiro atoms. The van der Waals surface area contributed by atoms with Gasteiger partial charge in [0, 0.05) is 15.2 Å². The second-order valence-electron chi connectivity index (χ2n) is 2.87. The summed E-state index contributed by atoms with van der Waals surface area (Å²) in [6.45, 7) is 0. The van der Waals surface area contributed by atoms with E-state index in [1.54, 1.807) is 0 Å². The Morgan fingerprint density at radius 1 is 1.50 bits per heavy atom. The number of fused-ring (bicyclic) bond motifs is 1. The third-order valence-electron chi connectivity index (χ3n) is 1.98. The van der Waals surface area contributed by atoms with Gasteiger partial charge in [-0.25, -0.2) is 0 Å². The fourth-order valence-electron chi connectivity index (χ4n) is 1.35. The molecule has 0 aliphatic carbocycles. The van der Waals surface area contributed by atoms with Crippen LogP contribution in [0, 0.1) is 11.3 Å². The maximum Gasteiger partial charge on any atom is 0.0983 e. The number of rotatable bonds is 1. The molecule has 0 atom stereocenters. The average molecular weight is 240 g/mol. The highest BCUT2D eigenvalue weighted by molar-refractivity contribution is 7.80. The van der Waals surface area contributed by atoms with Crippen molar-refractivity contribution in [2.75, 3.05) is 0 Å². The molecule has 0 fully saturated rings. The van der Waals surface area contributed by atoms with Crippen LogP contribution in [0.2, 0.25) is 4.34 Å². The molecule has 1 nitrogen and oxygen atoms in total. The van der Waals surface area contributed by atoms with Crippen LogP contribution < -0.4 is 0 Å². The van der Waals surface area contributed by atoms with E-state index in [0.29, 0.717) is 10.8 Å². The Balaban J connectivity index is 2.72. The van der Waals surface area contributed by atoms with Crippen molar-refractivity contribution in [2.45, 2.75) is 11.3 Å². The first-order valence-electron chi connectivity index (χ1n) is 3.99. The number of nitriles is 1. The first-order valence-corrected chi connectivity index (χ1v) is 5.63. The van der Waals surface area contributed by atoms with E-state index < -0.39 is 0 Å². The highest BCUT2D eigenvalue weighted by Crippen LogP contribution is 2.36. The van der Waals surface area contributed by atoms with Gasteiger partial charge < -0.3 is 0 Å². The molecule has 0 saturated carbocycles. The first-order chi connectivity index (χ1) is 6.72. The van der Waals surface area contributed by atoms with E-state index in [1.165, 1.54) is 11.3 Å². The van der Waals surface area contributed by atoms with Crippen LogP contribution in [0.25, 0.3) is 10.1 Å². The van der Waals surface area contributed by atoms with Gasteiger partial charge in [-0.05, 0) is 17.5 Å². The summed E-state index contributed by atoms with van der Waals surface area (Å²) in [7, 11) is 0. The Labute approximate surface area is 96.3 Å². The molecule has 0 unspecified atom stereocenters. The number of benzene rings is 1. The highest BCUT2D eigenvalue weighted by atomic mass is 35.5. The van der Waals surface area contributed by atoms with Gasteiger partial charge in [0.1, 0.15) is 0 Å². The molecule has 0 radical (unpaired) electrons. The van der Waals surface area contributed by atoms with E-state index in [0.717, 1.165) is 20.5 Å². The van der Waals surface area contributed by atoms with Gasteiger partial charge in [0.2, 0.25) is 0 Å². The van der Waals surface area contributed by atoms with Gasteiger partial charge in [-0.15, -0.1) is 24.0 Å². The quantitative estimate of drug-likeness (QED) is 0.750. The maximum atomic E-state index is 8.66. The Kier molecular flexibility index (Phi) is 2.69. The summed E-state index contributed by atoms with van der Waals surface area (Å²) in [6, 6.07) is 7.97. The van der Waals surface area contributed by atoms with E-state index in [4.69, 9.17) is 16.9 Å². The minimum atomic E-state index is 0.366. The number of thiol groups is 1. The fraction of sp³-hybridized carbons (Fsp3) is 0.100. The molecule has 0 aliphatic rings. The van der Waals surface area contributed by atoms with Crippen LogP contribution in [0.5, 0.6) is 0 Å². The molecule has 1 aromatic heterocycles. The van der Waals surface area contributed by atoms with Crippen molar-refractivity contribution in [3.63, 3.8) is 0 Å². The summed E-state index contributed by atoms with van der Waals surface area (Å²) in [4.78, 5) is 0.916. The monoisotopic (exact) mass is 239 g/mol. The van der Waals surface area contributed by atoms with Gasteiger partial charge in [-0.3, -0.25) is 0 Å². The Hall–Kier alpha value is -0.690. The summed E-state index contributed by atoms with van der Waals surface area (Å²) in [5.74, 6) is 0. The molecule has 2 aromatic rings. The topological polar surface area (TPSA) is 23.8 Å². The van der Waals surface area contributed by atoms with E-state index in [2.05, 4.69) is 18.7 Å². The lowest BCUT2D eigenvalue weighted by Gasteiger charge is -1.94. The summed E-state index contributed by atoms with van der Waals surface area (Å²) in [6.07, 6.45) is 0.366. The van der Waals surface area contributed by atoms with E-state index in [1.807, 2.05) is 18.2 Å². The van der Waals surface area contributed by atoms with Gasteiger partial charge in [0.05, 0.1) is 16.8 Å². The van der Waals surface area contributed by atoms with E-state index in [9.17, 15) is 0 Å². The maximum absolute atomic E-state index is 8.66. The van der Waals surface area contributed by atoms with Gasteiger partial charge in [-0.1, -0.05) is 17.7 Å². The Morgan fingerprint density at radius 3 is 3.00 bits per heavy atom. The summed E-state index contributed by atoms with van der Waals surface area (Å²) < 4.78 is 1.80. The average Bonchev–Trinajstić information content (AvgIpc) is 2.43. The zero-order chi connectivity index (χ0) is 10.1. The van der Waals surface area contributed by atoms with Crippen molar-refractivity contribution < 1.29 is 0 Å². The van der Waals surface area contributed by atoms with Crippen LogP contribution in [-0.4, -0.2) is 0 Å². The van der Waals surface area contributed by atoms with Gasteiger partial charge in [0.15, 0.2) is 0 Å². The molecule has 4 heteroatoms. The molecule has 2 rings (SSSR count). The molecular formula is C10H6ClNS2. The zero-order valence-electron chi connectivity index (χ0n) is 7.12. The summed E-state index contributed by atoms with van der Waals surface area (Å²) in [5, 5.41) is 9.73. The third-order valence-corrected chi connectivity index (χ3v) is 3.70. The van der Waals surface area contributed by atoms with Crippen LogP contribution in [-0.2, 0) is 6.42 Å². The minimum Gasteiger partial charge on any atom is -0.198 e. The van der Waals surface area contributed by atoms with Crippen LogP contribution in [0.4, 0.5) is 0 Å². The van der Waals surface area contributed by atoms with E-state index in [-0.39, 0.29) is 0 Å². The van der Waals surface area contributed by atoms with Gasteiger partial charge in [-0.2, -0.15) is 5.26 Å². The second kappa shape index (κ2) is 3.82. The predicted octanol–water partition coefficient (Wildman–Crippen LogP) is 3.91. The Morgan fingerprint density at radius 2 is 2.29 bits per heavy atom. The molecule has 0 saturated heterocycles. The smallest absolute Gasteiger partial charge is 0.0983 e. The highest BCUT2D eigenvalue weighted by Gasteiger charge is 2.09. The number of halogens is 1. The van der Waals surface area contributed by atoms with Gasteiger partial charge in [0.25, 0.3) is 0 Å². The number of hydrogen-bond donors (Lipinski definition) is 1. The first kappa shape index (κ1) is 9.85. The van der Waals surface area contributed by atoms with E-state index >= 15 is 0 Å². The Bertz CT molecular complexity index is 525. The number of hydrogen-bond acceptors (Lipinski definition) is 3. The van der Waals surface area contributed by atoms with Gasteiger partial charge >= 0.3 is 0 Å². The van der Waals surface area contributed by atoms with Crippen molar-refractivity contribution in [3.8, 4) is 6.07 Å². The standard InChI is InChI=1S/C10H6ClNS2/c11-10-8(3-4-12)7-2-1-6(13)5-9(7)14-10/h1-2,5,13H,3H2. The van der Waals surface area contributed by atoms with Crippen LogP contribution >= 0.6 is 35.6 Å². The van der Waals surface area contributed by atoms with Crippen LogP contribution in [0.15, 0.2) is 23.1 Å². The number of thiophene rings is 1. The third kappa shape index (κ3) is 1.61. The van der Waals surface area contributed by atoms with Crippen molar-refractivity contribution in [3.05, 3.63) is 28.1 Å². The lowest BCUT2D eigenvalue weighted by molar-refractivity contribution is 1.30. The molecule has 0 bridgehead atoms. The molecule has 14 heavy (non-hydrogen) atoms. The van der Waals surface area contributed by atoms with Crippen molar-refractivity contribution in [2.24, 2.45) is 0 Å². The molecular weight excluding hydrogens is 234 g/mol. The lowest BCUT2D eigenvalue weighted by Crippen LogP contribution is -1.78. The van der Waals surface area contributed by atoms with Crippen molar-refractivity contribution in [1.29, 1.82) is 5.26 Å². The molecule has 0 amide bonds. The van der Waals surface area contributed by atoms with Crippen molar-refractivity contribution in [1.82, 2.24) is 0 Å².